The van der Waals surface area contributed by atoms with Gasteiger partial charge in [-0.15, -0.1) is 11.6 Å². The van der Waals surface area contributed by atoms with Crippen LogP contribution in [-0.2, 0) is 12.4 Å². The first-order valence-electron chi connectivity index (χ1n) is 6.09. The summed E-state index contributed by atoms with van der Waals surface area (Å²) in [5.74, 6) is 0.928. The molecular formula is C15H16ClNO2. The molecule has 1 aromatic heterocycles. The van der Waals surface area contributed by atoms with Gasteiger partial charge in [0.05, 0.1) is 5.88 Å². The van der Waals surface area contributed by atoms with Crippen molar-refractivity contribution in [3.05, 3.63) is 58.5 Å². The minimum atomic E-state index is -0.227. The van der Waals surface area contributed by atoms with Crippen molar-refractivity contribution in [2.75, 3.05) is 0 Å². The van der Waals surface area contributed by atoms with Crippen LogP contribution in [0.15, 0.2) is 34.7 Å². The van der Waals surface area contributed by atoms with Crippen molar-refractivity contribution in [3.8, 4) is 0 Å². The number of hydrogen-bond donors (Lipinski definition) is 1. The number of benzene rings is 1. The van der Waals surface area contributed by atoms with Crippen LogP contribution in [0.2, 0.25) is 0 Å². The fourth-order valence-corrected chi connectivity index (χ4v) is 1.90. The summed E-state index contributed by atoms with van der Waals surface area (Å²) in [5.41, 5.74) is 3.53. The van der Waals surface area contributed by atoms with E-state index in [-0.39, 0.29) is 11.8 Å². The molecule has 1 heterocycles. The van der Waals surface area contributed by atoms with E-state index in [0.29, 0.717) is 18.1 Å². The zero-order valence-electron chi connectivity index (χ0n) is 11.0. The van der Waals surface area contributed by atoms with Crippen molar-refractivity contribution in [2.24, 2.45) is 0 Å². The summed E-state index contributed by atoms with van der Waals surface area (Å²) in [6.45, 7) is 4.60. The van der Waals surface area contributed by atoms with Gasteiger partial charge in [-0.3, -0.25) is 4.79 Å². The fourth-order valence-electron chi connectivity index (χ4n) is 1.75. The lowest BCUT2D eigenvalue weighted by Crippen LogP contribution is -2.22. The summed E-state index contributed by atoms with van der Waals surface area (Å²) < 4.78 is 5.28. The van der Waals surface area contributed by atoms with E-state index in [0.717, 1.165) is 5.56 Å². The van der Waals surface area contributed by atoms with E-state index >= 15 is 0 Å². The van der Waals surface area contributed by atoms with Crippen LogP contribution in [-0.4, -0.2) is 5.91 Å². The molecule has 2 rings (SSSR count). The highest BCUT2D eigenvalue weighted by Crippen LogP contribution is 2.12. The number of carbonyl (C=O) groups is 1. The number of amides is 1. The van der Waals surface area contributed by atoms with Crippen LogP contribution in [0.5, 0.6) is 0 Å². The topological polar surface area (TPSA) is 42.2 Å². The molecule has 0 saturated carbocycles. The van der Waals surface area contributed by atoms with Gasteiger partial charge in [0.25, 0.3) is 5.91 Å². The molecule has 0 fully saturated rings. The Morgan fingerprint density at radius 2 is 2.00 bits per heavy atom. The Morgan fingerprint density at radius 3 is 2.63 bits per heavy atom. The number of hydrogen-bond acceptors (Lipinski definition) is 2. The highest BCUT2D eigenvalue weighted by Gasteiger charge is 2.10. The maximum absolute atomic E-state index is 11.9. The second-order valence-corrected chi connectivity index (χ2v) is 4.77. The van der Waals surface area contributed by atoms with Gasteiger partial charge < -0.3 is 9.73 Å². The zero-order chi connectivity index (χ0) is 13.8. The summed E-state index contributed by atoms with van der Waals surface area (Å²) >= 11 is 5.62. The lowest BCUT2D eigenvalue weighted by atomic mass is 10.1. The fraction of sp³-hybridized carbons (Fsp3) is 0.267. The molecule has 4 heteroatoms. The van der Waals surface area contributed by atoms with Crippen LogP contribution >= 0.6 is 11.6 Å². The van der Waals surface area contributed by atoms with Crippen molar-refractivity contribution in [2.45, 2.75) is 26.3 Å². The van der Waals surface area contributed by atoms with Gasteiger partial charge in [-0.1, -0.05) is 18.2 Å². The smallest absolute Gasteiger partial charge is 0.287 e. The Balaban J connectivity index is 1.98. The van der Waals surface area contributed by atoms with Gasteiger partial charge in [0.2, 0.25) is 0 Å². The Labute approximate surface area is 117 Å². The molecule has 2 aromatic rings. The molecule has 3 nitrogen and oxygen atoms in total. The summed E-state index contributed by atoms with van der Waals surface area (Å²) in [6.07, 6.45) is 0. The number of halogens is 1. The Bertz CT molecular complexity index is 590. The SMILES string of the molecule is Cc1ccc(CNC(=O)c2ccc(CCl)o2)cc1C. The van der Waals surface area contributed by atoms with Crippen molar-refractivity contribution < 1.29 is 9.21 Å². The van der Waals surface area contributed by atoms with Gasteiger partial charge in [0, 0.05) is 6.54 Å². The summed E-state index contributed by atoms with van der Waals surface area (Å²) in [6, 6.07) is 9.47. The number of rotatable bonds is 4. The number of nitrogens with one attached hydrogen (secondary N) is 1. The lowest BCUT2D eigenvalue weighted by Gasteiger charge is -2.06. The van der Waals surface area contributed by atoms with Crippen molar-refractivity contribution >= 4 is 17.5 Å². The molecule has 100 valence electrons. The van der Waals surface area contributed by atoms with Gasteiger partial charge in [-0.05, 0) is 42.7 Å². The molecule has 0 aliphatic rings. The van der Waals surface area contributed by atoms with Crippen LogP contribution in [0.4, 0.5) is 0 Å². The van der Waals surface area contributed by atoms with Gasteiger partial charge in [0.15, 0.2) is 5.76 Å². The molecule has 19 heavy (non-hydrogen) atoms. The first kappa shape index (κ1) is 13.7. The predicted octanol–water partition coefficient (Wildman–Crippen LogP) is 3.57. The van der Waals surface area contributed by atoms with Crippen LogP contribution in [0.1, 0.15) is 33.0 Å². The van der Waals surface area contributed by atoms with Crippen LogP contribution in [0, 0.1) is 13.8 Å². The molecule has 1 N–H and O–H groups in total. The van der Waals surface area contributed by atoms with Crippen LogP contribution in [0.25, 0.3) is 0 Å². The molecule has 1 amide bonds. The zero-order valence-corrected chi connectivity index (χ0v) is 11.8. The molecule has 0 radical (unpaired) electrons. The van der Waals surface area contributed by atoms with Crippen molar-refractivity contribution in [3.63, 3.8) is 0 Å². The molecule has 0 aliphatic heterocycles. The lowest BCUT2D eigenvalue weighted by molar-refractivity contribution is 0.0921. The minimum absolute atomic E-state index is 0.227. The number of aryl methyl sites for hydroxylation is 2. The predicted molar refractivity (Wildman–Crippen MR) is 75.4 cm³/mol. The van der Waals surface area contributed by atoms with E-state index in [2.05, 4.69) is 31.3 Å². The second kappa shape index (κ2) is 5.93. The molecule has 0 atom stereocenters. The summed E-state index contributed by atoms with van der Waals surface area (Å²) in [4.78, 5) is 11.9. The van der Waals surface area contributed by atoms with E-state index in [1.165, 1.54) is 11.1 Å². The first-order chi connectivity index (χ1) is 9.10. The maximum Gasteiger partial charge on any atom is 0.287 e. The summed E-state index contributed by atoms with van der Waals surface area (Å²) in [5, 5.41) is 2.82. The van der Waals surface area contributed by atoms with Gasteiger partial charge in [-0.25, -0.2) is 0 Å². The normalized spacial score (nSPS) is 10.5. The van der Waals surface area contributed by atoms with E-state index in [9.17, 15) is 4.79 Å². The second-order valence-electron chi connectivity index (χ2n) is 4.50. The van der Waals surface area contributed by atoms with Gasteiger partial charge >= 0.3 is 0 Å². The third-order valence-electron chi connectivity index (χ3n) is 3.04. The monoisotopic (exact) mass is 277 g/mol. The van der Waals surface area contributed by atoms with Crippen molar-refractivity contribution in [1.82, 2.24) is 5.32 Å². The van der Waals surface area contributed by atoms with Crippen LogP contribution in [0.3, 0.4) is 0 Å². The van der Waals surface area contributed by atoms with Gasteiger partial charge in [-0.2, -0.15) is 0 Å². The summed E-state index contributed by atoms with van der Waals surface area (Å²) in [7, 11) is 0. The van der Waals surface area contributed by atoms with Crippen LogP contribution < -0.4 is 5.32 Å². The molecular weight excluding hydrogens is 262 g/mol. The van der Waals surface area contributed by atoms with Crippen molar-refractivity contribution in [1.29, 1.82) is 0 Å². The largest absolute Gasteiger partial charge is 0.455 e. The number of alkyl halides is 1. The Kier molecular flexibility index (Phi) is 4.27. The van der Waals surface area contributed by atoms with E-state index in [4.69, 9.17) is 16.0 Å². The standard InChI is InChI=1S/C15H16ClNO2/c1-10-3-4-12(7-11(10)2)9-17-15(18)14-6-5-13(8-16)19-14/h3-7H,8-9H2,1-2H3,(H,17,18). The molecule has 0 unspecified atom stereocenters. The van der Waals surface area contributed by atoms with Gasteiger partial charge in [0.1, 0.15) is 5.76 Å². The highest BCUT2D eigenvalue weighted by atomic mass is 35.5. The maximum atomic E-state index is 11.9. The first-order valence-corrected chi connectivity index (χ1v) is 6.62. The average molecular weight is 278 g/mol. The quantitative estimate of drug-likeness (QED) is 0.868. The number of furan rings is 1. The molecule has 1 aromatic carbocycles. The van der Waals surface area contributed by atoms with E-state index < -0.39 is 0 Å². The Morgan fingerprint density at radius 1 is 1.21 bits per heavy atom. The highest BCUT2D eigenvalue weighted by molar-refractivity contribution is 6.16. The number of carbonyl (C=O) groups excluding carboxylic acids is 1. The molecule has 0 saturated heterocycles. The molecule has 0 aliphatic carbocycles. The van der Waals surface area contributed by atoms with E-state index in [1.54, 1.807) is 12.1 Å². The molecule has 0 spiro atoms. The average Bonchev–Trinajstić information content (AvgIpc) is 2.88. The minimum Gasteiger partial charge on any atom is -0.455 e. The molecule has 0 bridgehead atoms. The third kappa shape index (κ3) is 3.38. The van der Waals surface area contributed by atoms with E-state index in [1.807, 2.05) is 6.07 Å². The Hall–Kier alpha value is -1.74. The third-order valence-corrected chi connectivity index (χ3v) is 3.30.